The van der Waals surface area contributed by atoms with E-state index in [1.807, 2.05) is 17.8 Å². The molecule has 1 N–H and O–H groups in total. The van der Waals surface area contributed by atoms with Crippen LogP contribution in [0.1, 0.15) is 19.0 Å². The summed E-state index contributed by atoms with van der Waals surface area (Å²) in [6.07, 6.45) is 3.04. The summed E-state index contributed by atoms with van der Waals surface area (Å²) in [6, 6.07) is 2.02. The number of thioether (sulfide) groups is 1. The number of aromatic amines is 1. The summed E-state index contributed by atoms with van der Waals surface area (Å²) in [7, 11) is 0. The zero-order valence-corrected chi connectivity index (χ0v) is 6.95. The van der Waals surface area contributed by atoms with E-state index in [0.29, 0.717) is 0 Å². The van der Waals surface area contributed by atoms with Crippen molar-refractivity contribution in [1.29, 1.82) is 0 Å². The number of nitrogens with one attached hydrogen (secondary N) is 1. The second-order valence-electron chi connectivity index (χ2n) is 2.13. The van der Waals surface area contributed by atoms with E-state index in [4.69, 9.17) is 0 Å². The lowest BCUT2D eigenvalue weighted by Gasteiger charge is -1.94. The van der Waals surface area contributed by atoms with E-state index >= 15 is 0 Å². The fourth-order valence-corrected chi connectivity index (χ4v) is 1.51. The van der Waals surface area contributed by atoms with E-state index in [1.165, 1.54) is 17.9 Å². The quantitative estimate of drug-likeness (QED) is 0.676. The van der Waals surface area contributed by atoms with Crippen molar-refractivity contribution in [1.82, 2.24) is 10.2 Å². The lowest BCUT2D eigenvalue weighted by atomic mass is 10.5. The van der Waals surface area contributed by atoms with Gasteiger partial charge >= 0.3 is 0 Å². The van der Waals surface area contributed by atoms with Crippen molar-refractivity contribution in [2.24, 2.45) is 0 Å². The van der Waals surface area contributed by atoms with Crippen LogP contribution < -0.4 is 0 Å². The molecule has 1 aromatic rings. The summed E-state index contributed by atoms with van der Waals surface area (Å²) in [6.45, 7) is 2.19. The van der Waals surface area contributed by atoms with Gasteiger partial charge in [-0.15, -0.1) is 0 Å². The largest absolute Gasteiger partial charge is 0.282 e. The van der Waals surface area contributed by atoms with Crippen molar-refractivity contribution < 1.29 is 0 Å². The smallest absolute Gasteiger partial charge is 0.0490 e. The highest BCUT2D eigenvalue weighted by atomic mass is 32.2. The highest BCUT2D eigenvalue weighted by molar-refractivity contribution is 7.98. The van der Waals surface area contributed by atoms with Crippen LogP contribution in [-0.2, 0) is 5.75 Å². The van der Waals surface area contributed by atoms with Crippen molar-refractivity contribution >= 4 is 11.8 Å². The normalized spacial score (nSPS) is 10.1. The van der Waals surface area contributed by atoms with Gasteiger partial charge in [-0.3, -0.25) is 5.10 Å². The van der Waals surface area contributed by atoms with Gasteiger partial charge in [0.05, 0.1) is 0 Å². The van der Waals surface area contributed by atoms with E-state index in [-0.39, 0.29) is 0 Å². The first kappa shape index (κ1) is 7.66. The minimum Gasteiger partial charge on any atom is -0.282 e. The Hall–Kier alpha value is -0.440. The summed E-state index contributed by atoms with van der Waals surface area (Å²) in [5, 5.41) is 6.79. The number of H-pyrrole nitrogens is 1. The molecule has 3 heteroatoms. The first-order valence-electron chi connectivity index (χ1n) is 3.49. The molecular formula is C7H12N2S. The predicted molar refractivity (Wildman–Crippen MR) is 45.0 cm³/mol. The third-order valence-electron chi connectivity index (χ3n) is 1.16. The van der Waals surface area contributed by atoms with Crippen LogP contribution in [0.2, 0.25) is 0 Å². The molecule has 2 nitrogen and oxygen atoms in total. The van der Waals surface area contributed by atoms with Crippen molar-refractivity contribution in [2.45, 2.75) is 19.1 Å². The molecule has 1 rings (SSSR count). The highest BCUT2D eigenvalue weighted by Crippen LogP contribution is 2.09. The summed E-state index contributed by atoms with van der Waals surface area (Å²) in [5.74, 6) is 2.30. The van der Waals surface area contributed by atoms with Crippen LogP contribution in [0, 0.1) is 0 Å². The molecule has 0 unspecified atom stereocenters. The zero-order valence-electron chi connectivity index (χ0n) is 6.13. The summed E-state index contributed by atoms with van der Waals surface area (Å²) < 4.78 is 0. The lowest BCUT2D eigenvalue weighted by molar-refractivity contribution is 1.03. The number of hydrogen-bond donors (Lipinski definition) is 1. The lowest BCUT2D eigenvalue weighted by Crippen LogP contribution is -1.81. The van der Waals surface area contributed by atoms with E-state index in [9.17, 15) is 0 Å². The van der Waals surface area contributed by atoms with Gasteiger partial charge in [0.1, 0.15) is 0 Å². The molecule has 0 atom stereocenters. The highest BCUT2D eigenvalue weighted by Gasteiger charge is 1.91. The van der Waals surface area contributed by atoms with Crippen molar-refractivity contribution in [3.05, 3.63) is 18.0 Å². The number of hydrogen-bond acceptors (Lipinski definition) is 2. The zero-order chi connectivity index (χ0) is 7.23. The number of nitrogens with zero attached hydrogens (tertiary/aromatic N) is 1. The fourth-order valence-electron chi connectivity index (χ4n) is 0.692. The van der Waals surface area contributed by atoms with Gasteiger partial charge in [-0.1, -0.05) is 6.92 Å². The molecule has 0 saturated carbocycles. The molecule has 0 spiro atoms. The SMILES string of the molecule is CCCSCc1ccn[nH]1. The topological polar surface area (TPSA) is 28.7 Å². The molecule has 0 saturated heterocycles. The monoisotopic (exact) mass is 156 g/mol. The van der Waals surface area contributed by atoms with Gasteiger partial charge in [-0.2, -0.15) is 16.9 Å². The van der Waals surface area contributed by atoms with E-state index in [1.54, 1.807) is 6.20 Å². The molecule has 1 aromatic heterocycles. The van der Waals surface area contributed by atoms with Crippen molar-refractivity contribution in [2.75, 3.05) is 5.75 Å². The summed E-state index contributed by atoms with van der Waals surface area (Å²) in [4.78, 5) is 0. The maximum atomic E-state index is 3.86. The number of aromatic nitrogens is 2. The first-order chi connectivity index (χ1) is 4.93. The molecule has 1 heterocycles. The van der Waals surface area contributed by atoms with Crippen LogP contribution in [0.25, 0.3) is 0 Å². The van der Waals surface area contributed by atoms with Gasteiger partial charge in [0.2, 0.25) is 0 Å². The Morgan fingerprint density at radius 2 is 2.60 bits per heavy atom. The minimum absolute atomic E-state index is 1.06. The standard InChI is InChI=1S/C7H12N2S/c1-2-5-10-6-7-3-4-8-9-7/h3-4H,2,5-6H2,1H3,(H,8,9). The maximum absolute atomic E-state index is 3.86. The molecular weight excluding hydrogens is 144 g/mol. The predicted octanol–water partition coefficient (Wildman–Crippen LogP) is 2.05. The molecule has 0 radical (unpaired) electrons. The maximum Gasteiger partial charge on any atom is 0.0490 e. The minimum atomic E-state index is 1.06. The van der Waals surface area contributed by atoms with Crippen LogP contribution in [0.5, 0.6) is 0 Å². The number of rotatable bonds is 4. The van der Waals surface area contributed by atoms with Gasteiger partial charge in [-0.05, 0) is 18.2 Å². The molecule has 0 aliphatic heterocycles. The molecule has 0 fully saturated rings. The molecule has 0 aromatic carbocycles. The Kier molecular flexibility index (Phi) is 3.36. The van der Waals surface area contributed by atoms with Gasteiger partial charge in [0.15, 0.2) is 0 Å². The Morgan fingerprint density at radius 3 is 3.20 bits per heavy atom. The molecule has 10 heavy (non-hydrogen) atoms. The van der Waals surface area contributed by atoms with Gasteiger partial charge in [0.25, 0.3) is 0 Å². The molecule has 0 aliphatic rings. The molecule has 56 valence electrons. The Balaban J connectivity index is 2.15. The Morgan fingerprint density at radius 1 is 1.70 bits per heavy atom. The van der Waals surface area contributed by atoms with Crippen LogP contribution in [-0.4, -0.2) is 16.0 Å². The fraction of sp³-hybridized carbons (Fsp3) is 0.571. The first-order valence-corrected chi connectivity index (χ1v) is 4.65. The van der Waals surface area contributed by atoms with E-state index in [2.05, 4.69) is 17.1 Å². The average molecular weight is 156 g/mol. The van der Waals surface area contributed by atoms with Crippen LogP contribution in [0.15, 0.2) is 12.3 Å². The Labute approximate surface area is 65.4 Å². The van der Waals surface area contributed by atoms with Crippen LogP contribution >= 0.6 is 11.8 Å². The van der Waals surface area contributed by atoms with Crippen LogP contribution in [0.4, 0.5) is 0 Å². The van der Waals surface area contributed by atoms with Gasteiger partial charge in [-0.25, -0.2) is 0 Å². The summed E-state index contributed by atoms with van der Waals surface area (Å²) in [5.41, 5.74) is 1.22. The van der Waals surface area contributed by atoms with Crippen LogP contribution in [0.3, 0.4) is 0 Å². The Bertz CT molecular complexity index is 160. The van der Waals surface area contributed by atoms with E-state index in [0.717, 1.165) is 5.75 Å². The van der Waals surface area contributed by atoms with Gasteiger partial charge < -0.3 is 0 Å². The molecule has 0 amide bonds. The second-order valence-corrected chi connectivity index (χ2v) is 3.24. The second kappa shape index (κ2) is 4.39. The third kappa shape index (κ3) is 2.43. The third-order valence-corrected chi connectivity index (χ3v) is 2.38. The van der Waals surface area contributed by atoms with E-state index < -0.39 is 0 Å². The average Bonchev–Trinajstić information content (AvgIpc) is 2.41. The van der Waals surface area contributed by atoms with Crippen molar-refractivity contribution in [3.63, 3.8) is 0 Å². The molecule has 0 aliphatic carbocycles. The van der Waals surface area contributed by atoms with Crippen molar-refractivity contribution in [3.8, 4) is 0 Å². The summed E-state index contributed by atoms with van der Waals surface area (Å²) >= 11 is 1.94. The van der Waals surface area contributed by atoms with Gasteiger partial charge in [0, 0.05) is 17.6 Å². The molecule has 0 bridgehead atoms.